The second-order valence-electron chi connectivity index (χ2n) is 6.13. The highest BCUT2D eigenvalue weighted by Gasteiger charge is 2.21. The molecule has 3 heterocycles. The van der Waals surface area contributed by atoms with Gasteiger partial charge >= 0.3 is 6.01 Å². The van der Waals surface area contributed by atoms with Gasteiger partial charge in [0.15, 0.2) is 0 Å². The van der Waals surface area contributed by atoms with Crippen LogP contribution in [0.25, 0.3) is 10.9 Å². The van der Waals surface area contributed by atoms with Gasteiger partial charge < -0.3 is 9.64 Å². The molecule has 0 bridgehead atoms. The van der Waals surface area contributed by atoms with Gasteiger partial charge in [-0.15, -0.1) is 0 Å². The number of aromatic nitrogens is 3. The monoisotopic (exact) mass is 320 g/mol. The first kappa shape index (κ1) is 14.9. The molecule has 5 heteroatoms. The predicted octanol–water partition coefficient (Wildman–Crippen LogP) is 3.32. The average Bonchev–Trinajstić information content (AvgIpc) is 2.67. The molecular formula is C19H20N4O. The largest absolute Gasteiger partial charge is 0.463 e. The van der Waals surface area contributed by atoms with E-state index >= 15 is 0 Å². The highest BCUT2D eigenvalue weighted by Crippen LogP contribution is 2.24. The Hall–Kier alpha value is -2.69. The predicted molar refractivity (Wildman–Crippen MR) is 94.2 cm³/mol. The summed E-state index contributed by atoms with van der Waals surface area (Å²) in [7, 11) is 0. The van der Waals surface area contributed by atoms with Gasteiger partial charge in [-0.05, 0) is 43.0 Å². The normalized spacial score (nSPS) is 15.6. The maximum absolute atomic E-state index is 5.69. The number of piperidine rings is 1. The van der Waals surface area contributed by atoms with Crippen molar-refractivity contribution in [1.29, 1.82) is 0 Å². The minimum atomic E-state index is 0.469. The molecule has 24 heavy (non-hydrogen) atoms. The van der Waals surface area contributed by atoms with E-state index in [1.807, 2.05) is 12.1 Å². The van der Waals surface area contributed by atoms with Crippen molar-refractivity contribution in [2.45, 2.75) is 12.8 Å². The van der Waals surface area contributed by atoms with E-state index in [1.165, 1.54) is 5.39 Å². The summed E-state index contributed by atoms with van der Waals surface area (Å²) in [5, 5.41) is 1.19. The van der Waals surface area contributed by atoms with Gasteiger partial charge in [-0.2, -0.15) is 0 Å². The van der Waals surface area contributed by atoms with Gasteiger partial charge in [0.2, 0.25) is 0 Å². The van der Waals surface area contributed by atoms with E-state index in [0.717, 1.165) is 37.3 Å². The van der Waals surface area contributed by atoms with Crippen molar-refractivity contribution in [1.82, 2.24) is 15.0 Å². The van der Waals surface area contributed by atoms with E-state index in [2.05, 4.69) is 39.1 Å². The molecule has 0 aliphatic carbocycles. The Balaban J connectivity index is 1.35. The van der Waals surface area contributed by atoms with Crippen molar-refractivity contribution in [2.75, 3.05) is 24.6 Å². The number of rotatable bonds is 4. The van der Waals surface area contributed by atoms with Gasteiger partial charge in [-0.1, -0.05) is 18.2 Å². The van der Waals surface area contributed by atoms with Crippen LogP contribution in [-0.2, 0) is 0 Å². The molecule has 3 aromatic rings. The lowest BCUT2D eigenvalue weighted by atomic mass is 9.98. The third-order valence-corrected chi connectivity index (χ3v) is 4.51. The van der Waals surface area contributed by atoms with Crippen LogP contribution in [-0.4, -0.2) is 34.6 Å². The Bertz CT molecular complexity index is 801. The van der Waals surface area contributed by atoms with Crippen LogP contribution in [0.4, 0.5) is 5.82 Å². The lowest BCUT2D eigenvalue weighted by Crippen LogP contribution is -2.36. The summed E-state index contributed by atoms with van der Waals surface area (Å²) in [6.45, 7) is 2.70. The Labute approximate surface area is 141 Å². The second-order valence-corrected chi connectivity index (χ2v) is 6.13. The Kier molecular flexibility index (Phi) is 4.23. The number of para-hydroxylation sites is 1. The zero-order valence-electron chi connectivity index (χ0n) is 13.5. The molecule has 1 aliphatic rings. The fourth-order valence-corrected chi connectivity index (χ4v) is 3.11. The molecule has 0 spiro atoms. The van der Waals surface area contributed by atoms with E-state index in [-0.39, 0.29) is 0 Å². The fraction of sp³-hybridized carbons (Fsp3) is 0.316. The van der Waals surface area contributed by atoms with E-state index < -0.39 is 0 Å². The first-order valence-corrected chi connectivity index (χ1v) is 8.39. The van der Waals surface area contributed by atoms with Crippen molar-refractivity contribution < 1.29 is 4.74 Å². The zero-order chi connectivity index (χ0) is 16.2. The number of pyridine rings is 1. The van der Waals surface area contributed by atoms with Gasteiger partial charge in [-0.25, -0.2) is 15.0 Å². The van der Waals surface area contributed by atoms with E-state index in [0.29, 0.717) is 18.5 Å². The first-order chi connectivity index (χ1) is 11.9. The van der Waals surface area contributed by atoms with Crippen LogP contribution in [0, 0.1) is 5.92 Å². The maximum atomic E-state index is 5.69. The number of benzene rings is 1. The number of fused-ring (bicyclic) bond motifs is 1. The highest BCUT2D eigenvalue weighted by atomic mass is 16.5. The minimum absolute atomic E-state index is 0.469. The summed E-state index contributed by atoms with van der Waals surface area (Å²) < 4.78 is 5.69. The topological polar surface area (TPSA) is 51.1 Å². The van der Waals surface area contributed by atoms with Crippen LogP contribution in [0.5, 0.6) is 6.01 Å². The van der Waals surface area contributed by atoms with Crippen LogP contribution in [0.15, 0.2) is 54.9 Å². The van der Waals surface area contributed by atoms with Crippen LogP contribution in [0.3, 0.4) is 0 Å². The van der Waals surface area contributed by atoms with Crippen molar-refractivity contribution in [3.8, 4) is 6.01 Å². The summed E-state index contributed by atoms with van der Waals surface area (Å²) in [6, 6.07) is 14.8. The molecule has 0 amide bonds. The van der Waals surface area contributed by atoms with E-state index in [1.54, 1.807) is 18.5 Å². The second kappa shape index (κ2) is 6.83. The zero-order valence-corrected chi connectivity index (χ0v) is 13.5. The molecule has 5 nitrogen and oxygen atoms in total. The van der Waals surface area contributed by atoms with Crippen LogP contribution in [0.2, 0.25) is 0 Å². The molecule has 1 aromatic carbocycles. The highest BCUT2D eigenvalue weighted by molar-refractivity contribution is 5.80. The SMILES string of the molecule is c1cnc(OCC2CCN(c3ccc4ccccc4n3)CC2)nc1. The molecule has 0 radical (unpaired) electrons. The number of nitrogens with zero attached hydrogens (tertiary/aromatic N) is 4. The van der Waals surface area contributed by atoms with Gasteiger partial charge in [0.05, 0.1) is 12.1 Å². The molecule has 1 fully saturated rings. The Morgan fingerprint density at radius 2 is 1.75 bits per heavy atom. The molecule has 2 aromatic heterocycles. The van der Waals surface area contributed by atoms with Crippen LogP contribution < -0.4 is 9.64 Å². The van der Waals surface area contributed by atoms with E-state index in [4.69, 9.17) is 9.72 Å². The van der Waals surface area contributed by atoms with Gasteiger partial charge in [0.1, 0.15) is 5.82 Å². The number of hydrogen-bond acceptors (Lipinski definition) is 5. The fourth-order valence-electron chi connectivity index (χ4n) is 3.11. The average molecular weight is 320 g/mol. The van der Waals surface area contributed by atoms with Gasteiger partial charge in [0.25, 0.3) is 0 Å². The molecular weight excluding hydrogens is 300 g/mol. The third-order valence-electron chi connectivity index (χ3n) is 4.51. The summed E-state index contributed by atoms with van der Waals surface area (Å²) in [6.07, 6.45) is 5.61. The van der Waals surface area contributed by atoms with E-state index in [9.17, 15) is 0 Å². The minimum Gasteiger partial charge on any atom is -0.463 e. The summed E-state index contributed by atoms with van der Waals surface area (Å²) >= 11 is 0. The number of ether oxygens (including phenoxy) is 1. The standard InChI is InChI=1S/C19H20N4O/c1-2-5-17-16(4-1)6-7-18(22-17)23-12-8-15(9-13-23)14-24-19-20-10-3-11-21-19/h1-7,10-11,15H,8-9,12-14H2. The van der Waals surface area contributed by atoms with Gasteiger partial charge in [0, 0.05) is 30.9 Å². The first-order valence-electron chi connectivity index (χ1n) is 8.39. The quantitative estimate of drug-likeness (QED) is 0.738. The summed E-state index contributed by atoms with van der Waals surface area (Å²) in [5.41, 5.74) is 1.06. The molecule has 0 saturated carbocycles. The molecule has 1 aliphatic heterocycles. The van der Waals surface area contributed by atoms with Gasteiger partial charge in [-0.3, -0.25) is 0 Å². The molecule has 0 atom stereocenters. The van der Waals surface area contributed by atoms with Crippen molar-refractivity contribution in [2.24, 2.45) is 5.92 Å². The van der Waals surface area contributed by atoms with Crippen molar-refractivity contribution in [3.05, 3.63) is 54.9 Å². The molecule has 0 N–H and O–H groups in total. The lowest BCUT2D eigenvalue weighted by molar-refractivity contribution is 0.208. The smallest absolute Gasteiger partial charge is 0.316 e. The van der Waals surface area contributed by atoms with Crippen LogP contribution in [0.1, 0.15) is 12.8 Å². The molecule has 4 rings (SSSR count). The number of hydrogen-bond donors (Lipinski definition) is 0. The lowest BCUT2D eigenvalue weighted by Gasteiger charge is -2.32. The summed E-state index contributed by atoms with van der Waals surface area (Å²) in [5.74, 6) is 1.62. The van der Waals surface area contributed by atoms with Crippen molar-refractivity contribution in [3.63, 3.8) is 0 Å². The number of anilines is 1. The third kappa shape index (κ3) is 3.30. The van der Waals surface area contributed by atoms with Crippen LogP contribution >= 0.6 is 0 Å². The summed E-state index contributed by atoms with van der Waals surface area (Å²) in [4.78, 5) is 15.4. The Morgan fingerprint density at radius 3 is 2.58 bits per heavy atom. The molecule has 1 saturated heterocycles. The molecule has 0 unspecified atom stereocenters. The van der Waals surface area contributed by atoms with Crippen molar-refractivity contribution >= 4 is 16.7 Å². The Morgan fingerprint density at radius 1 is 0.958 bits per heavy atom. The molecule has 122 valence electrons. The maximum Gasteiger partial charge on any atom is 0.316 e.